The van der Waals surface area contributed by atoms with E-state index in [0.717, 1.165) is 12.0 Å². The number of hydrogen-bond donors (Lipinski definition) is 0. The fourth-order valence-corrected chi connectivity index (χ4v) is 2.84. The average molecular weight is 289 g/mol. The van der Waals surface area contributed by atoms with Gasteiger partial charge in [0.05, 0.1) is 19.3 Å². The van der Waals surface area contributed by atoms with Crippen LogP contribution in [0.15, 0.2) is 24.3 Å². The van der Waals surface area contributed by atoms with E-state index in [1.165, 1.54) is 5.56 Å². The van der Waals surface area contributed by atoms with Gasteiger partial charge in [-0.05, 0) is 36.0 Å². The zero-order valence-corrected chi connectivity index (χ0v) is 13.6. The predicted molar refractivity (Wildman–Crippen MR) is 85.6 cm³/mol. The van der Waals surface area contributed by atoms with Crippen LogP contribution >= 0.6 is 0 Å². The molecule has 1 aromatic rings. The van der Waals surface area contributed by atoms with E-state index in [1.807, 2.05) is 17.0 Å². The summed E-state index contributed by atoms with van der Waals surface area (Å²) >= 11 is 0. The van der Waals surface area contributed by atoms with Crippen LogP contribution in [0.4, 0.5) is 0 Å². The van der Waals surface area contributed by atoms with Crippen LogP contribution in [0.3, 0.4) is 0 Å². The summed E-state index contributed by atoms with van der Waals surface area (Å²) in [6.45, 7) is 10.7. The van der Waals surface area contributed by atoms with E-state index in [1.54, 1.807) is 0 Å². The highest BCUT2D eigenvalue weighted by molar-refractivity contribution is 5.94. The Morgan fingerprint density at radius 2 is 1.90 bits per heavy atom. The molecule has 1 unspecified atom stereocenters. The van der Waals surface area contributed by atoms with Crippen LogP contribution in [-0.4, -0.2) is 36.6 Å². The fourth-order valence-electron chi connectivity index (χ4n) is 2.84. The number of hydrogen-bond acceptors (Lipinski definition) is 2. The summed E-state index contributed by atoms with van der Waals surface area (Å²) in [5.74, 6) is 1.20. The SMILES string of the molecule is CC(C)CC1COCCN1C(=O)c1ccc(C(C)C)cc1. The summed E-state index contributed by atoms with van der Waals surface area (Å²) in [6, 6.07) is 8.25. The van der Waals surface area contributed by atoms with Crippen LogP contribution in [0.25, 0.3) is 0 Å². The number of nitrogens with zero attached hydrogens (tertiary/aromatic N) is 1. The molecule has 3 nitrogen and oxygen atoms in total. The zero-order valence-electron chi connectivity index (χ0n) is 13.6. The molecular weight excluding hydrogens is 262 g/mol. The van der Waals surface area contributed by atoms with Crippen LogP contribution in [0.2, 0.25) is 0 Å². The number of carbonyl (C=O) groups excluding carboxylic acids is 1. The van der Waals surface area contributed by atoms with Gasteiger partial charge in [0, 0.05) is 12.1 Å². The van der Waals surface area contributed by atoms with E-state index >= 15 is 0 Å². The van der Waals surface area contributed by atoms with Crippen LogP contribution in [-0.2, 0) is 4.74 Å². The molecule has 0 bridgehead atoms. The molecule has 1 amide bonds. The highest BCUT2D eigenvalue weighted by Crippen LogP contribution is 2.20. The molecule has 0 aliphatic carbocycles. The molecule has 1 aromatic carbocycles. The number of morpholine rings is 1. The van der Waals surface area contributed by atoms with E-state index < -0.39 is 0 Å². The predicted octanol–water partition coefficient (Wildman–Crippen LogP) is 3.70. The van der Waals surface area contributed by atoms with Crippen LogP contribution in [0.5, 0.6) is 0 Å². The molecule has 0 saturated carbocycles. The fraction of sp³-hybridized carbons (Fsp3) is 0.611. The van der Waals surface area contributed by atoms with Crippen molar-refractivity contribution in [2.75, 3.05) is 19.8 Å². The second kappa shape index (κ2) is 7.08. The highest BCUT2D eigenvalue weighted by atomic mass is 16.5. The van der Waals surface area contributed by atoms with Gasteiger partial charge in [-0.15, -0.1) is 0 Å². The number of amides is 1. The van der Waals surface area contributed by atoms with E-state index in [9.17, 15) is 4.79 Å². The topological polar surface area (TPSA) is 29.5 Å². The second-order valence-electron chi connectivity index (χ2n) is 6.63. The van der Waals surface area contributed by atoms with Gasteiger partial charge < -0.3 is 9.64 Å². The molecule has 1 saturated heterocycles. The minimum atomic E-state index is 0.138. The van der Waals surface area contributed by atoms with Gasteiger partial charge in [-0.2, -0.15) is 0 Å². The Morgan fingerprint density at radius 1 is 1.24 bits per heavy atom. The third kappa shape index (κ3) is 4.07. The van der Waals surface area contributed by atoms with Crippen molar-refractivity contribution in [2.24, 2.45) is 5.92 Å². The van der Waals surface area contributed by atoms with E-state index in [4.69, 9.17) is 4.74 Å². The Balaban J connectivity index is 2.12. The van der Waals surface area contributed by atoms with Gasteiger partial charge in [-0.25, -0.2) is 0 Å². The maximum atomic E-state index is 12.7. The van der Waals surface area contributed by atoms with Crippen LogP contribution in [0.1, 0.15) is 56.0 Å². The highest BCUT2D eigenvalue weighted by Gasteiger charge is 2.28. The Hall–Kier alpha value is -1.35. The van der Waals surface area contributed by atoms with Gasteiger partial charge in [0.15, 0.2) is 0 Å². The van der Waals surface area contributed by atoms with Crippen molar-refractivity contribution in [3.05, 3.63) is 35.4 Å². The second-order valence-corrected chi connectivity index (χ2v) is 6.63. The van der Waals surface area contributed by atoms with Gasteiger partial charge in [0.1, 0.15) is 0 Å². The molecule has 3 heteroatoms. The van der Waals surface area contributed by atoms with Gasteiger partial charge in [-0.3, -0.25) is 4.79 Å². The molecule has 0 radical (unpaired) electrons. The summed E-state index contributed by atoms with van der Waals surface area (Å²) < 4.78 is 5.56. The first-order valence-corrected chi connectivity index (χ1v) is 7.97. The summed E-state index contributed by atoms with van der Waals surface area (Å²) in [5.41, 5.74) is 2.06. The lowest BCUT2D eigenvalue weighted by atomic mass is 9.99. The number of carbonyl (C=O) groups is 1. The normalized spacial score (nSPS) is 19.3. The Kier molecular flexibility index (Phi) is 5.40. The van der Waals surface area contributed by atoms with Gasteiger partial charge in [-0.1, -0.05) is 39.8 Å². The molecule has 1 atom stereocenters. The van der Waals surface area contributed by atoms with Crippen molar-refractivity contribution in [3.63, 3.8) is 0 Å². The summed E-state index contributed by atoms with van der Waals surface area (Å²) in [7, 11) is 0. The van der Waals surface area contributed by atoms with Crippen molar-refractivity contribution in [1.29, 1.82) is 0 Å². The number of rotatable bonds is 4. The van der Waals surface area contributed by atoms with Crippen LogP contribution < -0.4 is 0 Å². The van der Waals surface area contributed by atoms with Crippen molar-refractivity contribution in [3.8, 4) is 0 Å². The molecule has 0 aromatic heterocycles. The quantitative estimate of drug-likeness (QED) is 0.846. The first-order valence-electron chi connectivity index (χ1n) is 7.97. The summed E-state index contributed by atoms with van der Waals surface area (Å²) in [4.78, 5) is 14.7. The zero-order chi connectivity index (χ0) is 15.4. The van der Waals surface area contributed by atoms with Crippen molar-refractivity contribution in [1.82, 2.24) is 4.90 Å². The molecular formula is C18H27NO2. The molecule has 1 fully saturated rings. The standard InChI is InChI=1S/C18H27NO2/c1-13(2)11-17-12-21-10-9-19(17)18(20)16-7-5-15(6-8-16)14(3)4/h5-8,13-14,17H,9-12H2,1-4H3. The van der Waals surface area contributed by atoms with Gasteiger partial charge in [0.25, 0.3) is 5.91 Å². The van der Waals surface area contributed by atoms with Gasteiger partial charge in [0.2, 0.25) is 0 Å². The van der Waals surface area contributed by atoms with Crippen molar-refractivity contribution < 1.29 is 9.53 Å². The molecule has 116 valence electrons. The molecule has 0 spiro atoms. The third-order valence-corrected chi connectivity index (χ3v) is 4.06. The minimum absolute atomic E-state index is 0.138. The molecule has 21 heavy (non-hydrogen) atoms. The van der Waals surface area contributed by atoms with E-state index in [0.29, 0.717) is 31.6 Å². The lowest BCUT2D eigenvalue weighted by Gasteiger charge is -2.36. The van der Waals surface area contributed by atoms with Crippen molar-refractivity contribution in [2.45, 2.75) is 46.1 Å². The van der Waals surface area contributed by atoms with Crippen molar-refractivity contribution >= 4 is 5.91 Å². The third-order valence-electron chi connectivity index (χ3n) is 4.06. The molecule has 0 N–H and O–H groups in total. The number of ether oxygens (including phenoxy) is 1. The number of benzene rings is 1. The molecule has 1 heterocycles. The monoisotopic (exact) mass is 289 g/mol. The molecule has 2 rings (SSSR count). The Bertz CT molecular complexity index is 465. The summed E-state index contributed by atoms with van der Waals surface area (Å²) in [6.07, 6.45) is 0.996. The van der Waals surface area contributed by atoms with E-state index in [2.05, 4.69) is 39.8 Å². The smallest absolute Gasteiger partial charge is 0.254 e. The average Bonchev–Trinajstić information content (AvgIpc) is 2.46. The largest absolute Gasteiger partial charge is 0.377 e. The summed E-state index contributed by atoms with van der Waals surface area (Å²) in [5, 5.41) is 0. The minimum Gasteiger partial charge on any atom is -0.377 e. The molecule has 1 aliphatic rings. The Labute approximate surface area is 128 Å². The first-order chi connectivity index (χ1) is 9.99. The maximum absolute atomic E-state index is 12.7. The Morgan fingerprint density at radius 3 is 2.48 bits per heavy atom. The maximum Gasteiger partial charge on any atom is 0.254 e. The van der Waals surface area contributed by atoms with E-state index in [-0.39, 0.29) is 11.9 Å². The lowest BCUT2D eigenvalue weighted by Crippen LogP contribution is -2.49. The lowest BCUT2D eigenvalue weighted by molar-refractivity contribution is -0.00746. The van der Waals surface area contributed by atoms with Gasteiger partial charge >= 0.3 is 0 Å². The molecule has 1 aliphatic heterocycles. The van der Waals surface area contributed by atoms with Crippen LogP contribution in [0, 0.1) is 5.92 Å². The first kappa shape index (κ1) is 16.0.